The van der Waals surface area contributed by atoms with Crippen LogP contribution < -0.4 is 0 Å². The van der Waals surface area contributed by atoms with E-state index in [0.29, 0.717) is 12.0 Å². The van der Waals surface area contributed by atoms with Gasteiger partial charge < -0.3 is 5.11 Å². The summed E-state index contributed by atoms with van der Waals surface area (Å²) in [6.07, 6.45) is 3.67. The van der Waals surface area contributed by atoms with Crippen LogP contribution in [0.2, 0.25) is 0 Å². The molecule has 2 aromatic rings. The minimum absolute atomic E-state index is 0.0174. The zero-order chi connectivity index (χ0) is 15.1. The Balaban J connectivity index is 1.92. The predicted molar refractivity (Wildman–Crippen MR) is 86.0 cm³/mol. The van der Waals surface area contributed by atoms with E-state index in [1.54, 1.807) is 19.1 Å². The van der Waals surface area contributed by atoms with E-state index in [2.05, 4.69) is 0 Å². The molecule has 0 fully saturated rings. The normalized spacial score (nSPS) is 14.0. The fraction of sp³-hybridized carbons (Fsp3) is 0.211. The monoisotopic (exact) mass is 280 g/mol. The summed E-state index contributed by atoms with van der Waals surface area (Å²) in [7, 11) is 0. The average molecular weight is 280 g/mol. The molecule has 0 amide bonds. The highest BCUT2D eigenvalue weighted by Gasteiger charge is 2.21. The molecule has 0 aromatic heterocycles. The van der Waals surface area contributed by atoms with Crippen LogP contribution in [0.15, 0.2) is 66.7 Å². The second kappa shape index (κ2) is 7.55. The van der Waals surface area contributed by atoms with E-state index in [4.69, 9.17) is 0 Å². The molecule has 0 aliphatic heterocycles. The van der Waals surface area contributed by atoms with Crippen LogP contribution in [0.25, 0.3) is 6.08 Å². The minimum Gasteiger partial charge on any atom is -0.392 e. The van der Waals surface area contributed by atoms with Gasteiger partial charge in [0.05, 0.1) is 6.10 Å². The molecule has 0 aliphatic carbocycles. The lowest BCUT2D eigenvalue weighted by Gasteiger charge is -2.16. The largest absolute Gasteiger partial charge is 0.392 e. The van der Waals surface area contributed by atoms with Gasteiger partial charge in [0.1, 0.15) is 0 Å². The summed E-state index contributed by atoms with van der Waals surface area (Å²) in [6.45, 7) is 1.77. The van der Waals surface area contributed by atoms with Crippen molar-refractivity contribution in [2.24, 2.45) is 5.92 Å². The van der Waals surface area contributed by atoms with Gasteiger partial charge in [-0.15, -0.1) is 0 Å². The van der Waals surface area contributed by atoms with Gasteiger partial charge in [-0.3, -0.25) is 4.79 Å². The standard InChI is InChI=1S/C19H20O2/c1-15(19(21)17-12-6-3-7-13-17)18(20)14-8-11-16-9-4-2-5-10-16/h2-13,15,18,20H,14H2,1H3/b11-8+/t15-,18-/m0/s1. The molecule has 0 spiro atoms. The molecule has 0 saturated carbocycles. The number of aliphatic hydroxyl groups is 1. The first-order chi connectivity index (χ1) is 10.2. The number of hydrogen-bond donors (Lipinski definition) is 1. The molecule has 2 heteroatoms. The molecule has 108 valence electrons. The molecule has 0 radical (unpaired) electrons. The van der Waals surface area contributed by atoms with E-state index in [1.807, 2.05) is 60.7 Å². The molecule has 0 unspecified atom stereocenters. The first-order valence-corrected chi connectivity index (χ1v) is 7.17. The third-order valence-electron chi connectivity index (χ3n) is 3.54. The Morgan fingerprint density at radius 3 is 2.24 bits per heavy atom. The van der Waals surface area contributed by atoms with Crippen molar-refractivity contribution in [2.45, 2.75) is 19.4 Å². The SMILES string of the molecule is C[C@H](C(=O)c1ccccc1)[C@@H](O)C/C=C/c1ccccc1. The highest BCUT2D eigenvalue weighted by Crippen LogP contribution is 2.15. The van der Waals surface area contributed by atoms with Crippen LogP contribution >= 0.6 is 0 Å². The molecule has 0 bridgehead atoms. The maximum Gasteiger partial charge on any atom is 0.168 e. The highest BCUT2D eigenvalue weighted by atomic mass is 16.3. The van der Waals surface area contributed by atoms with Gasteiger partial charge in [-0.1, -0.05) is 79.7 Å². The first kappa shape index (κ1) is 15.2. The molecular formula is C19H20O2. The van der Waals surface area contributed by atoms with Gasteiger partial charge in [0.25, 0.3) is 0 Å². The van der Waals surface area contributed by atoms with Crippen molar-refractivity contribution in [1.82, 2.24) is 0 Å². The average Bonchev–Trinajstić information content (AvgIpc) is 2.55. The molecule has 2 rings (SSSR count). The summed E-state index contributed by atoms with van der Waals surface area (Å²) in [5.74, 6) is -0.427. The van der Waals surface area contributed by atoms with Crippen molar-refractivity contribution in [3.05, 3.63) is 77.9 Å². The fourth-order valence-electron chi connectivity index (χ4n) is 2.15. The number of ketones is 1. The van der Waals surface area contributed by atoms with Gasteiger partial charge in [-0.2, -0.15) is 0 Å². The Kier molecular flexibility index (Phi) is 5.47. The number of rotatable bonds is 6. The van der Waals surface area contributed by atoms with Gasteiger partial charge in [0.15, 0.2) is 5.78 Å². The minimum atomic E-state index is -0.669. The highest BCUT2D eigenvalue weighted by molar-refractivity contribution is 5.97. The molecule has 1 N–H and O–H groups in total. The maximum atomic E-state index is 12.2. The number of carbonyl (C=O) groups excluding carboxylic acids is 1. The van der Waals surface area contributed by atoms with E-state index in [-0.39, 0.29) is 5.78 Å². The van der Waals surface area contributed by atoms with Gasteiger partial charge >= 0.3 is 0 Å². The summed E-state index contributed by atoms with van der Waals surface area (Å²) in [5.41, 5.74) is 1.74. The summed E-state index contributed by atoms with van der Waals surface area (Å²) in [4.78, 5) is 12.2. The molecule has 0 aliphatic rings. The summed E-state index contributed by atoms with van der Waals surface area (Å²) in [6, 6.07) is 19.0. The second-order valence-electron chi connectivity index (χ2n) is 5.14. The number of hydrogen-bond acceptors (Lipinski definition) is 2. The van der Waals surface area contributed by atoms with Gasteiger partial charge in [0, 0.05) is 11.5 Å². The molecule has 0 saturated heterocycles. The molecule has 2 nitrogen and oxygen atoms in total. The van der Waals surface area contributed by atoms with Crippen LogP contribution in [0, 0.1) is 5.92 Å². The summed E-state index contributed by atoms with van der Waals surface area (Å²) in [5, 5.41) is 10.2. The van der Waals surface area contributed by atoms with E-state index < -0.39 is 12.0 Å². The van der Waals surface area contributed by atoms with E-state index in [0.717, 1.165) is 5.56 Å². The van der Waals surface area contributed by atoms with Crippen LogP contribution in [0.1, 0.15) is 29.3 Å². The molecule has 21 heavy (non-hydrogen) atoms. The molecule has 2 atom stereocenters. The Morgan fingerprint density at radius 1 is 1.05 bits per heavy atom. The zero-order valence-corrected chi connectivity index (χ0v) is 12.1. The Morgan fingerprint density at radius 2 is 1.62 bits per heavy atom. The molecule has 0 heterocycles. The van der Waals surface area contributed by atoms with Crippen LogP contribution in [0.3, 0.4) is 0 Å². The van der Waals surface area contributed by atoms with Crippen molar-refractivity contribution in [1.29, 1.82) is 0 Å². The molecular weight excluding hydrogens is 260 g/mol. The number of carbonyl (C=O) groups is 1. The second-order valence-corrected chi connectivity index (χ2v) is 5.14. The Hall–Kier alpha value is -2.19. The zero-order valence-electron chi connectivity index (χ0n) is 12.1. The maximum absolute atomic E-state index is 12.2. The van der Waals surface area contributed by atoms with Gasteiger partial charge in [-0.25, -0.2) is 0 Å². The first-order valence-electron chi connectivity index (χ1n) is 7.17. The quantitative estimate of drug-likeness (QED) is 0.813. The Labute approximate surface area is 125 Å². The molecule has 2 aromatic carbocycles. The third kappa shape index (κ3) is 4.40. The van der Waals surface area contributed by atoms with Crippen LogP contribution in [-0.4, -0.2) is 17.0 Å². The van der Waals surface area contributed by atoms with Crippen LogP contribution in [-0.2, 0) is 0 Å². The van der Waals surface area contributed by atoms with Gasteiger partial charge in [-0.05, 0) is 12.0 Å². The van der Waals surface area contributed by atoms with E-state index in [9.17, 15) is 9.90 Å². The van der Waals surface area contributed by atoms with Crippen molar-refractivity contribution in [2.75, 3.05) is 0 Å². The van der Waals surface area contributed by atoms with Crippen LogP contribution in [0.4, 0.5) is 0 Å². The van der Waals surface area contributed by atoms with Gasteiger partial charge in [0.2, 0.25) is 0 Å². The summed E-state index contributed by atoms with van der Waals surface area (Å²) >= 11 is 0. The predicted octanol–water partition coefficient (Wildman–Crippen LogP) is 3.97. The fourth-order valence-corrected chi connectivity index (χ4v) is 2.15. The Bertz CT molecular complexity index is 587. The summed E-state index contributed by atoms with van der Waals surface area (Å²) < 4.78 is 0. The van der Waals surface area contributed by atoms with Crippen molar-refractivity contribution < 1.29 is 9.90 Å². The van der Waals surface area contributed by atoms with Crippen LogP contribution in [0.5, 0.6) is 0 Å². The van der Waals surface area contributed by atoms with E-state index >= 15 is 0 Å². The lowest BCUT2D eigenvalue weighted by molar-refractivity contribution is 0.0723. The number of Topliss-reactive ketones (excluding diaryl/α,β-unsaturated/α-hetero) is 1. The van der Waals surface area contributed by atoms with E-state index in [1.165, 1.54) is 0 Å². The lowest BCUT2D eigenvalue weighted by atomic mass is 9.92. The lowest BCUT2D eigenvalue weighted by Crippen LogP contribution is -2.25. The van der Waals surface area contributed by atoms with Crippen molar-refractivity contribution in [3.63, 3.8) is 0 Å². The topological polar surface area (TPSA) is 37.3 Å². The number of aliphatic hydroxyl groups excluding tert-OH is 1. The van der Waals surface area contributed by atoms with Crippen molar-refractivity contribution >= 4 is 11.9 Å². The van der Waals surface area contributed by atoms with Crippen molar-refractivity contribution in [3.8, 4) is 0 Å². The smallest absolute Gasteiger partial charge is 0.168 e. The third-order valence-corrected chi connectivity index (χ3v) is 3.54. The number of benzene rings is 2.